The second-order valence-electron chi connectivity index (χ2n) is 2.53. The first-order valence-corrected chi connectivity index (χ1v) is 6.51. The van der Waals surface area contributed by atoms with Crippen LogP contribution in [0.2, 0.25) is 0 Å². The molecule has 0 aliphatic rings. The largest absolute Gasteiger partial charge is 0.705 e. The van der Waals surface area contributed by atoms with Crippen LogP contribution in [-0.2, 0) is 13.6 Å². The highest BCUT2D eigenvalue weighted by Gasteiger charge is 2.42. The van der Waals surface area contributed by atoms with E-state index in [9.17, 15) is 13.3 Å². The van der Waals surface area contributed by atoms with Crippen molar-refractivity contribution in [2.75, 3.05) is 0 Å². The van der Waals surface area contributed by atoms with Gasteiger partial charge in [0.2, 0.25) is 0 Å². The molecule has 0 aromatic carbocycles. The summed E-state index contributed by atoms with van der Waals surface area (Å²) in [4.78, 5) is 0. The van der Waals surface area contributed by atoms with Gasteiger partial charge in [-0.3, -0.25) is 0 Å². The third kappa shape index (κ3) is 5.23. The van der Waals surface area contributed by atoms with Crippen molar-refractivity contribution in [2.45, 2.75) is 11.0 Å². The van der Waals surface area contributed by atoms with Crippen LogP contribution >= 0.6 is 8.25 Å². The lowest BCUT2D eigenvalue weighted by Gasteiger charge is -2.07. The van der Waals surface area contributed by atoms with Crippen LogP contribution in [0.25, 0.3) is 0 Å². The minimum atomic E-state index is -2.98. The standard InChI is InChI=1S/C6H8F2O3PSi2/c1-3-5(7,13)10-12(9)11-6(8,14)4-2/h1-2H,13-14H3/q+1. The minimum absolute atomic E-state index is 0.212. The van der Waals surface area contributed by atoms with Crippen molar-refractivity contribution < 1.29 is 22.4 Å². The maximum atomic E-state index is 12.9. The van der Waals surface area contributed by atoms with Crippen LogP contribution < -0.4 is 0 Å². The first-order valence-electron chi connectivity index (χ1n) is 3.41. The van der Waals surface area contributed by atoms with Gasteiger partial charge in [-0.25, -0.2) is 0 Å². The van der Waals surface area contributed by atoms with E-state index in [2.05, 4.69) is 9.05 Å². The smallest absolute Gasteiger partial charge is 0.199 e. The SMILES string of the molecule is C#CC(F)([SiH3])O[P+](=O)OC(F)([SiH3])C#C. The normalized spacial score (nSPS) is 20.1. The Morgan fingerprint density at radius 3 is 1.64 bits per heavy atom. The molecule has 0 saturated carbocycles. The molecule has 0 amide bonds. The molecule has 0 aliphatic carbocycles. The second kappa shape index (κ2) is 4.78. The van der Waals surface area contributed by atoms with Gasteiger partial charge >= 0.3 is 8.25 Å². The quantitative estimate of drug-likeness (QED) is 0.363. The van der Waals surface area contributed by atoms with Crippen LogP contribution in [0, 0.1) is 24.7 Å². The van der Waals surface area contributed by atoms with E-state index in [1.54, 1.807) is 11.8 Å². The number of alkyl halides is 2. The summed E-state index contributed by atoms with van der Waals surface area (Å²) in [6, 6.07) is 0. The lowest BCUT2D eigenvalue weighted by molar-refractivity contribution is 0.0225. The maximum Gasteiger partial charge on any atom is 0.705 e. The molecule has 0 aromatic rings. The van der Waals surface area contributed by atoms with Crippen LogP contribution in [-0.4, -0.2) is 31.4 Å². The molecule has 3 nitrogen and oxygen atoms in total. The minimum Gasteiger partial charge on any atom is -0.199 e. The first kappa shape index (κ1) is 13.4. The van der Waals surface area contributed by atoms with E-state index < -0.39 is 19.2 Å². The summed E-state index contributed by atoms with van der Waals surface area (Å²) in [5.74, 6) is 3.24. The third-order valence-corrected chi connectivity index (χ3v) is 3.66. The Kier molecular flexibility index (Phi) is 4.59. The predicted molar refractivity (Wildman–Crippen MR) is 55.0 cm³/mol. The van der Waals surface area contributed by atoms with Gasteiger partial charge in [0.15, 0.2) is 0 Å². The summed E-state index contributed by atoms with van der Waals surface area (Å²) in [6.45, 7) is 0. The third-order valence-electron chi connectivity index (χ3n) is 1.01. The van der Waals surface area contributed by atoms with Gasteiger partial charge in [0.05, 0.1) is 0 Å². The summed E-state index contributed by atoms with van der Waals surface area (Å²) in [5, 5.41) is 0. The number of hydrogen-bond acceptors (Lipinski definition) is 3. The van der Waals surface area contributed by atoms with Crippen molar-refractivity contribution in [3.8, 4) is 24.7 Å². The van der Waals surface area contributed by atoms with E-state index in [0.717, 1.165) is 0 Å². The average molecular weight is 253 g/mol. The summed E-state index contributed by atoms with van der Waals surface area (Å²) >= 11 is 0. The predicted octanol–water partition coefficient (Wildman–Crippen LogP) is -1.08. The van der Waals surface area contributed by atoms with E-state index in [4.69, 9.17) is 12.8 Å². The van der Waals surface area contributed by atoms with E-state index in [0.29, 0.717) is 0 Å². The molecule has 0 aliphatic heterocycles. The van der Waals surface area contributed by atoms with Gasteiger partial charge in [-0.1, -0.05) is 9.05 Å². The van der Waals surface area contributed by atoms with Crippen molar-refractivity contribution >= 4 is 28.7 Å². The second-order valence-corrected chi connectivity index (χ2v) is 5.91. The Morgan fingerprint density at radius 2 is 1.43 bits per heavy atom. The van der Waals surface area contributed by atoms with Crippen LogP contribution in [0.4, 0.5) is 8.78 Å². The van der Waals surface area contributed by atoms with Gasteiger partial charge in [-0.05, 0) is 11.8 Å². The molecule has 2 atom stereocenters. The van der Waals surface area contributed by atoms with Crippen molar-refractivity contribution in [1.29, 1.82) is 0 Å². The van der Waals surface area contributed by atoms with Crippen LogP contribution in [0.5, 0.6) is 0 Å². The van der Waals surface area contributed by atoms with Gasteiger partial charge in [0.25, 0.3) is 11.0 Å². The molecule has 0 rings (SSSR count). The van der Waals surface area contributed by atoms with Gasteiger partial charge in [0, 0.05) is 4.57 Å². The zero-order valence-corrected chi connectivity index (χ0v) is 12.5. The Hall–Kier alpha value is -0.566. The van der Waals surface area contributed by atoms with Gasteiger partial charge in [0.1, 0.15) is 20.5 Å². The lowest BCUT2D eigenvalue weighted by atomic mass is 10.7. The topological polar surface area (TPSA) is 35.5 Å². The molecule has 2 unspecified atom stereocenters. The van der Waals surface area contributed by atoms with Gasteiger partial charge in [-0.15, -0.1) is 12.8 Å². The highest BCUT2D eigenvalue weighted by atomic mass is 31.1. The number of hydrogen-bond donors (Lipinski definition) is 0. The fourth-order valence-electron chi connectivity index (χ4n) is 0.351. The molecule has 8 heteroatoms. The zero-order valence-electron chi connectivity index (χ0n) is 7.58. The summed E-state index contributed by atoms with van der Waals surface area (Å²) < 4.78 is 45.0. The molecule has 0 radical (unpaired) electrons. The summed E-state index contributed by atoms with van der Waals surface area (Å²) in [7, 11) is -3.41. The molecule has 0 saturated heterocycles. The molecular weight excluding hydrogens is 245 g/mol. The molecule has 14 heavy (non-hydrogen) atoms. The molecule has 0 aromatic heterocycles. The summed E-state index contributed by atoms with van der Waals surface area (Å²) in [6.07, 6.45) is 9.45. The molecule has 0 spiro atoms. The zero-order chi connectivity index (χ0) is 11.4. The van der Waals surface area contributed by atoms with Gasteiger partial charge < -0.3 is 0 Å². The maximum absolute atomic E-state index is 12.9. The van der Waals surface area contributed by atoms with Gasteiger partial charge in [-0.2, -0.15) is 8.78 Å². The van der Waals surface area contributed by atoms with Crippen molar-refractivity contribution in [3.63, 3.8) is 0 Å². The fourth-order valence-corrected chi connectivity index (χ4v) is 1.95. The Morgan fingerprint density at radius 1 is 1.14 bits per heavy atom. The van der Waals surface area contributed by atoms with E-state index in [1.807, 2.05) is 0 Å². The Labute approximate surface area is 87.3 Å². The first-order chi connectivity index (χ1) is 6.22. The number of halogens is 2. The summed E-state index contributed by atoms with van der Waals surface area (Å²) in [5.41, 5.74) is -4.86. The fraction of sp³-hybridized carbons (Fsp3) is 0.333. The number of rotatable bonds is 4. The van der Waals surface area contributed by atoms with E-state index in [-0.39, 0.29) is 20.5 Å². The Bertz CT molecular complexity index is 288. The monoisotopic (exact) mass is 253 g/mol. The van der Waals surface area contributed by atoms with Crippen molar-refractivity contribution in [1.82, 2.24) is 0 Å². The van der Waals surface area contributed by atoms with Crippen molar-refractivity contribution in [2.24, 2.45) is 0 Å². The number of terminal acetylenes is 2. The molecule has 0 bridgehead atoms. The molecule has 0 N–H and O–H groups in total. The highest BCUT2D eigenvalue weighted by Crippen LogP contribution is 2.34. The molecule has 0 fully saturated rings. The molecule has 76 valence electrons. The van der Waals surface area contributed by atoms with Crippen molar-refractivity contribution in [3.05, 3.63) is 0 Å². The Balaban J connectivity index is 4.30. The highest BCUT2D eigenvalue weighted by molar-refractivity contribution is 7.33. The molecular formula is C6H8F2O3PSi2+. The van der Waals surface area contributed by atoms with Crippen LogP contribution in [0.1, 0.15) is 0 Å². The van der Waals surface area contributed by atoms with E-state index in [1.165, 1.54) is 0 Å². The van der Waals surface area contributed by atoms with E-state index >= 15 is 0 Å². The van der Waals surface area contributed by atoms with Crippen LogP contribution in [0.15, 0.2) is 0 Å². The average Bonchev–Trinajstić information content (AvgIpc) is 2.02. The molecule has 0 heterocycles. The van der Waals surface area contributed by atoms with Crippen LogP contribution in [0.3, 0.4) is 0 Å². The lowest BCUT2D eigenvalue weighted by Crippen LogP contribution is -2.25.